The lowest BCUT2D eigenvalue weighted by Crippen LogP contribution is -2.33. The first-order chi connectivity index (χ1) is 7.72. The van der Waals surface area contributed by atoms with Crippen LogP contribution < -0.4 is 0 Å². The molecular weight excluding hydrogens is 268 g/mol. The number of nitriles is 1. The number of amides is 1. The Morgan fingerprint density at radius 3 is 2.56 bits per heavy atom. The Morgan fingerprint density at radius 2 is 2.06 bits per heavy atom. The van der Waals surface area contributed by atoms with E-state index in [1.807, 2.05) is 18.2 Å². The summed E-state index contributed by atoms with van der Waals surface area (Å²) in [4.78, 5) is 13.7. The lowest BCUT2D eigenvalue weighted by molar-refractivity contribution is 0.0765. The van der Waals surface area contributed by atoms with Gasteiger partial charge in [-0.15, -0.1) is 0 Å². The number of hydrogen-bond acceptors (Lipinski definition) is 2. The van der Waals surface area contributed by atoms with Crippen LogP contribution in [-0.4, -0.2) is 23.4 Å². The molecule has 0 N–H and O–H groups in total. The Balaban J connectivity index is 2.16. The van der Waals surface area contributed by atoms with Gasteiger partial charge in [0.15, 0.2) is 0 Å². The lowest BCUT2D eigenvalue weighted by Gasteiger charge is -2.18. The minimum atomic E-state index is -0.0449. The van der Waals surface area contributed by atoms with E-state index in [0.717, 1.165) is 17.3 Å². The summed E-state index contributed by atoms with van der Waals surface area (Å²) in [6.07, 6.45) is 2.04. The smallest absolute Gasteiger partial charge is 0.254 e. The number of hydrogen-bond donors (Lipinski definition) is 0. The van der Waals surface area contributed by atoms with Gasteiger partial charge in [-0.3, -0.25) is 4.79 Å². The van der Waals surface area contributed by atoms with Gasteiger partial charge in [-0.05, 0) is 37.1 Å². The van der Waals surface area contributed by atoms with Crippen molar-refractivity contribution in [2.75, 3.05) is 6.54 Å². The molecule has 0 unspecified atom stereocenters. The molecular formula is C12H11BrN2O. The van der Waals surface area contributed by atoms with Crippen molar-refractivity contribution >= 4 is 21.8 Å². The van der Waals surface area contributed by atoms with Gasteiger partial charge in [0.2, 0.25) is 0 Å². The van der Waals surface area contributed by atoms with Gasteiger partial charge in [0.05, 0.1) is 6.07 Å². The Bertz CT molecular complexity index is 431. The van der Waals surface area contributed by atoms with E-state index in [2.05, 4.69) is 15.9 Å². The molecule has 1 aliphatic rings. The standard InChI is InChI=1S/C12H11BrN2O/c13-10-3-1-9(2-4-10)12(16)15(8-7-14)11-5-6-11/h1-4,11H,5-6,8H2. The largest absolute Gasteiger partial charge is 0.322 e. The third-order valence-corrected chi connectivity index (χ3v) is 3.11. The maximum absolute atomic E-state index is 12.1. The summed E-state index contributed by atoms with van der Waals surface area (Å²) >= 11 is 3.33. The Hall–Kier alpha value is -1.34. The molecule has 1 saturated carbocycles. The summed E-state index contributed by atoms with van der Waals surface area (Å²) in [6.45, 7) is 0.180. The molecule has 1 amide bonds. The number of nitrogens with zero attached hydrogens (tertiary/aromatic N) is 2. The second-order valence-electron chi connectivity index (χ2n) is 3.83. The first-order valence-electron chi connectivity index (χ1n) is 5.16. The normalized spacial score (nSPS) is 14.2. The summed E-state index contributed by atoms with van der Waals surface area (Å²) in [7, 11) is 0. The molecule has 0 radical (unpaired) electrons. The molecule has 0 aromatic heterocycles. The lowest BCUT2D eigenvalue weighted by atomic mass is 10.2. The highest BCUT2D eigenvalue weighted by molar-refractivity contribution is 9.10. The molecule has 1 aliphatic carbocycles. The molecule has 82 valence electrons. The van der Waals surface area contributed by atoms with Crippen LogP contribution in [0.5, 0.6) is 0 Å². The fourth-order valence-corrected chi connectivity index (χ4v) is 1.85. The highest BCUT2D eigenvalue weighted by atomic mass is 79.9. The van der Waals surface area contributed by atoms with Crippen LogP contribution in [0.2, 0.25) is 0 Å². The molecule has 4 heteroatoms. The van der Waals surface area contributed by atoms with Crippen LogP contribution in [0, 0.1) is 11.3 Å². The van der Waals surface area contributed by atoms with Crippen molar-refractivity contribution in [3.8, 4) is 6.07 Å². The molecule has 0 spiro atoms. The van der Waals surface area contributed by atoms with E-state index in [1.54, 1.807) is 17.0 Å². The molecule has 0 saturated heterocycles. The van der Waals surface area contributed by atoms with E-state index < -0.39 is 0 Å². The molecule has 1 aromatic rings. The van der Waals surface area contributed by atoms with Crippen LogP contribution in [-0.2, 0) is 0 Å². The fraction of sp³-hybridized carbons (Fsp3) is 0.333. The molecule has 0 heterocycles. The Kier molecular flexibility index (Phi) is 3.25. The predicted molar refractivity (Wildman–Crippen MR) is 63.8 cm³/mol. The third-order valence-electron chi connectivity index (χ3n) is 2.58. The fourth-order valence-electron chi connectivity index (χ4n) is 1.59. The highest BCUT2D eigenvalue weighted by Gasteiger charge is 2.32. The second kappa shape index (κ2) is 4.67. The Morgan fingerprint density at radius 1 is 1.44 bits per heavy atom. The van der Waals surface area contributed by atoms with Gasteiger partial charge in [-0.2, -0.15) is 5.26 Å². The maximum atomic E-state index is 12.1. The van der Waals surface area contributed by atoms with Crippen LogP contribution in [0.3, 0.4) is 0 Å². The van der Waals surface area contributed by atoms with E-state index in [9.17, 15) is 4.79 Å². The van der Waals surface area contributed by atoms with E-state index in [0.29, 0.717) is 5.56 Å². The minimum Gasteiger partial charge on any atom is -0.322 e. The highest BCUT2D eigenvalue weighted by Crippen LogP contribution is 2.28. The van der Waals surface area contributed by atoms with Crippen molar-refractivity contribution in [1.29, 1.82) is 5.26 Å². The molecule has 0 bridgehead atoms. The topological polar surface area (TPSA) is 44.1 Å². The van der Waals surface area contributed by atoms with Gasteiger partial charge in [0.1, 0.15) is 6.54 Å². The van der Waals surface area contributed by atoms with Gasteiger partial charge in [-0.1, -0.05) is 15.9 Å². The summed E-state index contributed by atoms with van der Waals surface area (Å²) < 4.78 is 0.947. The van der Waals surface area contributed by atoms with Crippen LogP contribution in [0.15, 0.2) is 28.7 Å². The number of halogens is 1. The SMILES string of the molecule is N#CCN(C(=O)c1ccc(Br)cc1)C1CC1. The zero-order valence-electron chi connectivity index (χ0n) is 8.69. The summed E-state index contributed by atoms with van der Waals surface area (Å²) in [5.41, 5.74) is 0.644. The molecule has 1 fully saturated rings. The Labute approximate surface area is 103 Å². The summed E-state index contributed by atoms with van der Waals surface area (Å²) in [5.74, 6) is -0.0449. The minimum absolute atomic E-state index is 0.0449. The van der Waals surface area contributed by atoms with E-state index in [1.165, 1.54) is 0 Å². The number of carbonyl (C=O) groups is 1. The quantitative estimate of drug-likeness (QED) is 0.798. The van der Waals surface area contributed by atoms with Crippen molar-refractivity contribution in [2.24, 2.45) is 0 Å². The molecule has 3 nitrogen and oxygen atoms in total. The van der Waals surface area contributed by atoms with Gasteiger partial charge >= 0.3 is 0 Å². The van der Waals surface area contributed by atoms with Crippen LogP contribution in [0.1, 0.15) is 23.2 Å². The van der Waals surface area contributed by atoms with Crippen molar-refractivity contribution in [3.05, 3.63) is 34.3 Å². The van der Waals surface area contributed by atoms with Crippen LogP contribution in [0.25, 0.3) is 0 Å². The average molecular weight is 279 g/mol. The first kappa shape index (κ1) is 11.2. The summed E-state index contributed by atoms with van der Waals surface area (Å²) in [6, 6.07) is 9.55. The van der Waals surface area contributed by atoms with Gasteiger partial charge in [-0.25, -0.2) is 0 Å². The van der Waals surface area contributed by atoms with Crippen molar-refractivity contribution in [3.63, 3.8) is 0 Å². The van der Waals surface area contributed by atoms with E-state index in [-0.39, 0.29) is 18.5 Å². The van der Waals surface area contributed by atoms with E-state index >= 15 is 0 Å². The molecule has 1 aromatic carbocycles. The zero-order valence-corrected chi connectivity index (χ0v) is 10.3. The van der Waals surface area contributed by atoms with Crippen molar-refractivity contribution in [1.82, 2.24) is 4.90 Å². The number of benzene rings is 1. The van der Waals surface area contributed by atoms with Crippen molar-refractivity contribution in [2.45, 2.75) is 18.9 Å². The zero-order chi connectivity index (χ0) is 11.5. The molecule has 16 heavy (non-hydrogen) atoms. The molecule has 0 aliphatic heterocycles. The number of carbonyl (C=O) groups excluding carboxylic acids is 1. The maximum Gasteiger partial charge on any atom is 0.254 e. The monoisotopic (exact) mass is 278 g/mol. The second-order valence-corrected chi connectivity index (χ2v) is 4.74. The van der Waals surface area contributed by atoms with Crippen molar-refractivity contribution < 1.29 is 4.79 Å². The third kappa shape index (κ3) is 2.42. The van der Waals surface area contributed by atoms with Gasteiger partial charge < -0.3 is 4.90 Å². The van der Waals surface area contributed by atoms with E-state index in [4.69, 9.17) is 5.26 Å². The van der Waals surface area contributed by atoms with Crippen LogP contribution in [0.4, 0.5) is 0 Å². The van der Waals surface area contributed by atoms with Crippen LogP contribution >= 0.6 is 15.9 Å². The van der Waals surface area contributed by atoms with Gasteiger partial charge in [0.25, 0.3) is 5.91 Å². The average Bonchev–Trinajstić information content (AvgIpc) is 3.10. The first-order valence-corrected chi connectivity index (χ1v) is 5.95. The molecule has 0 atom stereocenters. The summed E-state index contributed by atoms with van der Waals surface area (Å²) in [5, 5.41) is 8.70. The van der Waals surface area contributed by atoms with Gasteiger partial charge in [0, 0.05) is 16.1 Å². The molecule has 2 rings (SSSR count). The predicted octanol–water partition coefficient (Wildman–Crippen LogP) is 2.58. The number of rotatable bonds is 3.